The van der Waals surface area contributed by atoms with Crippen LogP contribution >= 0.6 is 15.9 Å². The van der Waals surface area contributed by atoms with Gasteiger partial charge in [-0.1, -0.05) is 0 Å². The minimum Gasteiger partial charge on any atom is -0.457 e. The molecule has 0 aromatic carbocycles. The Kier molecular flexibility index (Phi) is 3.45. The fourth-order valence-electron chi connectivity index (χ4n) is 1.55. The normalized spacial score (nSPS) is 13.6. The standard InChI is InChI=1S/C11H7BrF3NO2/c12-10-6(2-4-18-10)9(17)7-5-16-3-1-8(7)11(13,14)15/h1-5,9,17H. The number of pyridine rings is 1. The van der Waals surface area contributed by atoms with Gasteiger partial charge in [-0.3, -0.25) is 4.98 Å². The summed E-state index contributed by atoms with van der Waals surface area (Å²) in [7, 11) is 0. The lowest BCUT2D eigenvalue weighted by molar-refractivity contribution is -0.139. The maximum atomic E-state index is 12.8. The molecule has 2 rings (SSSR count). The van der Waals surface area contributed by atoms with Crippen molar-refractivity contribution in [3.05, 3.63) is 52.1 Å². The zero-order valence-electron chi connectivity index (χ0n) is 8.78. The molecule has 0 aliphatic carbocycles. The molecule has 0 amide bonds. The van der Waals surface area contributed by atoms with Crippen molar-refractivity contribution in [3.63, 3.8) is 0 Å². The van der Waals surface area contributed by atoms with Gasteiger partial charge in [0.25, 0.3) is 0 Å². The Balaban J connectivity index is 2.49. The zero-order chi connectivity index (χ0) is 13.3. The van der Waals surface area contributed by atoms with Crippen LogP contribution in [0.5, 0.6) is 0 Å². The highest BCUT2D eigenvalue weighted by molar-refractivity contribution is 9.10. The van der Waals surface area contributed by atoms with Gasteiger partial charge >= 0.3 is 6.18 Å². The van der Waals surface area contributed by atoms with E-state index >= 15 is 0 Å². The Bertz CT molecular complexity index is 553. The van der Waals surface area contributed by atoms with Gasteiger partial charge in [-0.2, -0.15) is 13.2 Å². The largest absolute Gasteiger partial charge is 0.457 e. The highest BCUT2D eigenvalue weighted by atomic mass is 79.9. The average Bonchev–Trinajstić information content (AvgIpc) is 2.73. The predicted molar refractivity (Wildman–Crippen MR) is 59.7 cm³/mol. The van der Waals surface area contributed by atoms with Gasteiger partial charge in [0.2, 0.25) is 0 Å². The monoisotopic (exact) mass is 321 g/mol. The number of nitrogens with zero attached hydrogens (tertiary/aromatic N) is 1. The summed E-state index contributed by atoms with van der Waals surface area (Å²) in [4.78, 5) is 3.61. The molecular weight excluding hydrogens is 315 g/mol. The van der Waals surface area contributed by atoms with E-state index in [4.69, 9.17) is 4.42 Å². The van der Waals surface area contributed by atoms with Crippen molar-refractivity contribution in [1.29, 1.82) is 0 Å². The van der Waals surface area contributed by atoms with Gasteiger partial charge in [0.1, 0.15) is 6.10 Å². The van der Waals surface area contributed by atoms with Gasteiger partial charge < -0.3 is 9.52 Å². The van der Waals surface area contributed by atoms with E-state index in [9.17, 15) is 18.3 Å². The van der Waals surface area contributed by atoms with E-state index in [0.29, 0.717) is 0 Å². The van der Waals surface area contributed by atoms with Gasteiger partial charge in [-0.25, -0.2) is 0 Å². The van der Waals surface area contributed by atoms with E-state index < -0.39 is 17.8 Å². The van der Waals surface area contributed by atoms with E-state index in [2.05, 4.69) is 20.9 Å². The Morgan fingerprint density at radius 3 is 2.56 bits per heavy atom. The maximum Gasteiger partial charge on any atom is 0.416 e. The van der Waals surface area contributed by atoms with Crippen LogP contribution in [0.25, 0.3) is 0 Å². The second-order valence-electron chi connectivity index (χ2n) is 3.51. The molecule has 0 radical (unpaired) electrons. The molecule has 1 N–H and O–H groups in total. The second kappa shape index (κ2) is 4.74. The van der Waals surface area contributed by atoms with E-state index in [1.165, 1.54) is 12.3 Å². The zero-order valence-corrected chi connectivity index (χ0v) is 10.4. The summed E-state index contributed by atoms with van der Waals surface area (Å²) in [6, 6.07) is 2.22. The van der Waals surface area contributed by atoms with Crippen LogP contribution in [-0.4, -0.2) is 10.1 Å². The molecule has 0 fully saturated rings. The van der Waals surface area contributed by atoms with Crippen molar-refractivity contribution in [3.8, 4) is 0 Å². The quantitative estimate of drug-likeness (QED) is 0.920. The Labute approximate surface area is 108 Å². The van der Waals surface area contributed by atoms with Crippen LogP contribution in [0.15, 0.2) is 39.9 Å². The first kappa shape index (κ1) is 13.1. The number of hydrogen-bond donors (Lipinski definition) is 1. The summed E-state index contributed by atoms with van der Waals surface area (Å²) in [5.74, 6) is 0. The van der Waals surface area contributed by atoms with Crippen LogP contribution in [0.4, 0.5) is 13.2 Å². The molecule has 0 aliphatic rings. The van der Waals surface area contributed by atoms with Crippen molar-refractivity contribution >= 4 is 15.9 Å². The number of rotatable bonds is 2. The number of aromatic nitrogens is 1. The van der Waals surface area contributed by atoms with Crippen molar-refractivity contribution in [2.24, 2.45) is 0 Å². The molecule has 2 aromatic rings. The summed E-state index contributed by atoms with van der Waals surface area (Å²) < 4.78 is 43.4. The molecule has 0 aliphatic heterocycles. The SMILES string of the molecule is OC(c1cnccc1C(F)(F)F)c1ccoc1Br. The molecule has 1 atom stereocenters. The van der Waals surface area contributed by atoms with Gasteiger partial charge in [0, 0.05) is 23.5 Å². The first-order valence-corrected chi connectivity index (χ1v) is 5.62. The highest BCUT2D eigenvalue weighted by Crippen LogP contribution is 2.37. The fraction of sp³-hybridized carbons (Fsp3) is 0.182. The number of furan rings is 1. The predicted octanol–water partition coefficient (Wildman–Crippen LogP) is 3.54. The minimum atomic E-state index is -4.55. The minimum absolute atomic E-state index is 0.187. The summed E-state index contributed by atoms with van der Waals surface area (Å²) in [5.41, 5.74) is -1.02. The molecule has 2 aromatic heterocycles. The van der Waals surface area contributed by atoms with Crippen LogP contribution < -0.4 is 0 Å². The Morgan fingerprint density at radius 2 is 2.00 bits per heavy atom. The van der Waals surface area contributed by atoms with Crippen LogP contribution in [0.3, 0.4) is 0 Å². The molecule has 0 saturated heterocycles. The first-order valence-electron chi connectivity index (χ1n) is 4.83. The third-order valence-electron chi connectivity index (χ3n) is 2.39. The Hall–Kier alpha value is -1.34. The third-order valence-corrected chi connectivity index (χ3v) is 3.04. The van der Waals surface area contributed by atoms with Crippen molar-refractivity contribution in [2.45, 2.75) is 12.3 Å². The smallest absolute Gasteiger partial charge is 0.416 e. The highest BCUT2D eigenvalue weighted by Gasteiger charge is 2.35. The molecule has 18 heavy (non-hydrogen) atoms. The lowest BCUT2D eigenvalue weighted by atomic mass is 10.0. The molecule has 96 valence electrons. The van der Waals surface area contributed by atoms with E-state index in [0.717, 1.165) is 18.5 Å². The molecule has 1 unspecified atom stereocenters. The average molecular weight is 322 g/mol. The van der Waals surface area contributed by atoms with Gasteiger partial charge in [0.15, 0.2) is 4.67 Å². The summed E-state index contributed by atoms with van der Waals surface area (Å²) in [6.45, 7) is 0. The summed E-state index contributed by atoms with van der Waals surface area (Å²) in [6.07, 6.45) is -2.71. The lowest BCUT2D eigenvalue weighted by Crippen LogP contribution is -2.13. The van der Waals surface area contributed by atoms with Crippen LogP contribution in [0.2, 0.25) is 0 Å². The molecule has 0 bridgehead atoms. The summed E-state index contributed by atoms with van der Waals surface area (Å²) in [5, 5.41) is 9.98. The molecule has 7 heteroatoms. The van der Waals surface area contributed by atoms with E-state index in [-0.39, 0.29) is 15.8 Å². The van der Waals surface area contributed by atoms with E-state index in [1.54, 1.807) is 0 Å². The molecule has 0 saturated carbocycles. The van der Waals surface area contributed by atoms with Crippen LogP contribution in [0, 0.1) is 0 Å². The van der Waals surface area contributed by atoms with Crippen molar-refractivity contribution in [2.75, 3.05) is 0 Å². The maximum absolute atomic E-state index is 12.8. The lowest BCUT2D eigenvalue weighted by Gasteiger charge is -2.16. The third kappa shape index (κ3) is 2.41. The molecule has 0 spiro atoms. The fourth-order valence-corrected chi connectivity index (χ4v) is 2.01. The van der Waals surface area contributed by atoms with E-state index in [1.807, 2.05) is 0 Å². The van der Waals surface area contributed by atoms with Gasteiger partial charge in [0.05, 0.1) is 11.8 Å². The number of alkyl halides is 3. The van der Waals surface area contributed by atoms with Gasteiger partial charge in [-0.05, 0) is 28.1 Å². The van der Waals surface area contributed by atoms with Crippen LogP contribution in [-0.2, 0) is 6.18 Å². The number of halogens is 4. The summed E-state index contributed by atoms with van der Waals surface area (Å²) >= 11 is 3.01. The first-order chi connectivity index (χ1) is 8.41. The molecule has 3 nitrogen and oxygen atoms in total. The number of hydrogen-bond acceptors (Lipinski definition) is 3. The number of aliphatic hydroxyl groups excluding tert-OH is 1. The topological polar surface area (TPSA) is 46.3 Å². The van der Waals surface area contributed by atoms with Crippen molar-refractivity contribution in [1.82, 2.24) is 4.98 Å². The molecular formula is C11H7BrF3NO2. The van der Waals surface area contributed by atoms with Gasteiger partial charge in [-0.15, -0.1) is 0 Å². The number of aliphatic hydroxyl groups is 1. The van der Waals surface area contributed by atoms with Crippen molar-refractivity contribution < 1.29 is 22.7 Å². The Morgan fingerprint density at radius 1 is 1.28 bits per heavy atom. The second-order valence-corrected chi connectivity index (χ2v) is 4.23. The molecule has 2 heterocycles. The van der Waals surface area contributed by atoms with Crippen LogP contribution in [0.1, 0.15) is 22.8 Å².